The number of nitrogens with one attached hydrogen (secondary N) is 1. The summed E-state index contributed by atoms with van der Waals surface area (Å²) in [5, 5.41) is 2.89. The van der Waals surface area contributed by atoms with E-state index in [1.807, 2.05) is 30.0 Å². The summed E-state index contributed by atoms with van der Waals surface area (Å²) in [6, 6.07) is 12.1. The van der Waals surface area contributed by atoms with Crippen molar-refractivity contribution in [3.8, 4) is 0 Å². The monoisotopic (exact) mass is 408 g/mol. The number of esters is 1. The van der Waals surface area contributed by atoms with Crippen molar-refractivity contribution < 1.29 is 19.1 Å². The third-order valence-electron chi connectivity index (χ3n) is 5.28. The Balaban J connectivity index is 1.83. The van der Waals surface area contributed by atoms with Crippen molar-refractivity contribution in [2.24, 2.45) is 0 Å². The first kappa shape index (κ1) is 21.6. The molecule has 2 aromatic carbocycles. The number of carbonyl (C=O) groups is 3. The van der Waals surface area contributed by atoms with E-state index < -0.39 is 5.97 Å². The van der Waals surface area contributed by atoms with Crippen molar-refractivity contribution in [1.82, 2.24) is 0 Å². The molecule has 2 aromatic rings. The maximum atomic E-state index is 12.7. The Bertz CT molecular complexity index is 964. The second-order valence-electron chi connectivity index (χ2n) is 8.09. The molecule has 1 N–H and O–H groups in total. The highest BCUT2D eigenvalue weighted by atomic mass is 16.5. The van der Waals surface area contributed by atoms with Gasteiger partial charge in [-0.1, -0.05) is 26.8 Å². The summed E-state index contributed by atoms with van der Waals surface area (Å²) in [5.41, 5.74) is 3.17. The van der Waals surface area contributed by atoms with E-state index >= 15 is 0 Å². The van der Waals surface area contributed by atoms with Gasteiger partial charge in [0.15, 0.2) is 0 Å². The number of amides is 2. The maximum Gasteiger partial charge on any atom is 0.338 e. The van der Waals surface area contributed by atoms with Crippen LogP contribution in [0.15, 0.2) is 42.5 Å². The van der Waals surface area contributed by atoms with Crippen LogP contribution in [0.5, 0.6) is 0 Å². The van der Waals surface area contributed by atoms with E-state index in [-0.39, 0.29) is 17.2 Å². The Labute approximate surface area is 177 Å². The number of hydrogen-bond donors (Lipinski definition) is 1. The lowest BCUT2D eigenvalue weighted by Gasteiger charge is -2.38. The van der Waals surface area contributed by atoms with Gasteiger partial charge in [-0.15, -0.1) is 0 Å². The maximum absolute atomic E-state index is 12.7. The molecule has 3 rings (SSSR count). The van der Waals surface area contributed by atoms with Crippen LogP contribution in [0, 0.1) is 0 Å². The van der Waals surface area contributed by atoms with Gasteiger partial charge in [-0.05, 0) is 55.3 Å². The van der Waals surface area contributed by atoms with Crippen LogP contribution < -0.4 is 10.2 Å². The molecule has 0 bridgehead atoms. The zero-order valence-electron chi connectivity index (χ0n) is 18.0. The van der Waals surface area contributed by atoms with Gasteiger partial charge >= 0.3 is 5.97 Å². The quantitative estimate of drug-likeness (QED) is 0.712. The molecule has 0 aromatic heterocycles. The third kappa shape index (κ3) is 4.37. The molecule has 0 saturated heterocycles. The van der Waals surface area contributed by atoms with Crippen LogP contribution in [-0.4, -0.2) is 30.9 Å². The standard InChI is InChI=1S/C24H28N2O4/c1-5-13-26-20-14-18(11-12-19(20)24(3,4)15-21(26)27)25-22(28)16-7-9-17(10-8-16)23(29)30-6-2/h7-12,14H,5-6,13,15H2,1-4H3,(H,25,28). The van der Waals surface area contributed by atoms with Gasteiger partial charge in [-0.25, -0.2) is 4.79 Å². The molecule has 1 aliphatic heterocycles. The Hall–Kier alpha value is -3.15. The van der Waals surface area contributed by atoms with Crippen molar-refractivity contribution >= 4 is 29.2 Å². The van der Waals surface area contributed by atoms with Crippen molar-refractivity contribution in [2.45, 2.75) is 46.0 Å². The van der Waals surface area contributed by atoms with E-state index in [1.54, 1.807) is 31.2 Å². The summed E-state index contributed by atoms with van der Waals surface area (Å²) in [6.45, 7) is 8.86. The number of anilines is 2. The average Bonchev–Trinajstić information content (AvgIpc) is 2.71. The summed E-state index contributed by atoms with van der Waals surface area (Å²) in [4.78, 5) is 38.9. The molecule has 0 radical (unpaired) electrons. The van der Waals surface area contributed by atoms with Gasteiger partial charge in [0.2, 0.25) is 5.91 Å². The third-order valence-corrected chi connectivity index (χ3v) is 5.28. The lowest BCUT2D eigenvalue weighted by atomic mass is 9.77. The summed E-state index contributed by atoms with van der Waals surface area (Å²) in [7, 11) is 0. The lowest BCUT2D eigenvalue weighted by molar-refractivity contribution is -0.120. The number of rotatable bonds is 6. The fraction of sp³-hybridized carbons (Fsp3) is 0.375. The predicted octanol–water partition coefficient (Wildman–Crippen LogP) is 4.54. The van der Waals surface area contributed by atoms with Crippen molar-refractivity contribution in [1.29, 1.82) is 0 Å². The molecular formula is C24H28N2O4. The van der Waals surface area contributed by atoms with E-state index in [2.05, 4.69) is 19.2 Å². The highest BCUT2D eigenvalue weighted by Crippen LogP contribution is 2.41. The van der Waals surface area contributed by atoms with Gasteiger partial charge in [0.25, 0.3) is 5.91 Å². The zero-order chi connectivity index (χ0) is 21.9. The van der Waals surface area contributed by atoms with Gasteiger partial charge in [-0.3, -0.25) is 9.59 Å². The molecule has 1 heterocycles. The number of hydrogen-bond acceptors (Lipinski definition) is 4. The Morgan fingerprint density at radius 2 is 1.73 bits per heavy atom. The fourth-order valence-corrected chi connectivity index (χ4v) is 3.75. The van der Waals surface area contributed by atoms with Gasteiger partial charge in [0.05, 0.1) is 12.2 Å². The minimum Gasteiger partial charge on any atom is -0.462 e. The summed E-state index contributed by atoms with van der Waals surface area (Å²) in [5.74, 6) is -0.594. The molecular weight excluding hydrogens is 380 g/mol. The van der Waals surface area contributed by atoms with Crippen LogP contribution in [0.1, 0.15) is 66.8 Å². The Morgan fingerprint density at radius 1 is 1.07 bits per heavy atom. The Kier molecular flexibility index (Phi) is 6.25. The molecule has 6 nitrogen and oxygen atoms in total. The first-order valence-electron chi connectivity index (χ1n) is 10.3. The van der Waals surface area contributed by atoms with Crippen molar-refractivity contribution in [3.63, 3.8) is 0 Å². The predicted molar refractivity (Wildman–Crippen MR) is 117 cm³/mol. The molecule has 2 amide bonds. The normalized spacial score (nSPS) is 14.8. The fourth-order valence-electron chi connectivity index (χ4n) is 3.75. The summed E-state index contributed by atoms with van der Waals surface area (Å²) in [6.07, 6.45) is 1.33. The average molecular weight is 408 g/mol. The molecule has 30 heavy (non-hydrogen) atoms. The van der Waals surface area contributed by atoms with Gasteiger partial charge in [0, 0.05) is 35.3 Å². The molecule has 0 spiro atoms. The highest BCUT2D eigenvalue weighted by Gasteiger charge is 2.36. The zero-order valence-corrected chi connectivity index (χ0v) is 18.0. The highest BCUT2D eigenvalue weighted by molar-refractivity contribution is 6.06. The number of carbonyl (C=O) groups excluding carboxylic acids is 3. The lowest BCUT2D eigenvalue weighted by Crippen LogP contribution is -2.42. The van der Waals surface area contributed by atoms with E-state index in [1.165, 1.54) is 0 Å². The molecule has 0 saturated carbocycles. The molecule has 0 aliphatic carbocycles. The second-order valence-corrected chi connectivity index (χ2v) is 8.09. The molecule has 1 aliphatic rings. The van der Waals surface area contributed by atoms with E-state index in [0.717, 1.165) is 17.7 Å². The van der Waals surface area contributed by atoms with E-state index in [4.69, 9.17) is 4.74 Å². The molecule has 6 heteroatoms. The number of nitrogens with zero attached hydrogens (tertiary/aromatic N) is 1. The Morgan fingerprint density at radius 3 is 2.37 bits per heavy atom. The van der Waals surface area contributed by atoms with Crippen molar-refractivity contribution in [3.05, 3.63) is 59.2 Å². The molecule has 158 valence electrons. The molecule has 0 unspecified atom stereocenters. The minimum absolute atomic E-state index is 0.104. The van der Waals surface area contributed by atoms with Gasteiger partial charge < -0.3 is 15.0 Å². The number of fused-ring (bicyclic) bond motifs is 1. The number of benzene rings is 2. The molecule has 0 atom stereocenters. The van der Waals surface area contributed by atoms with Crippen LogP contribution in [0.4, 0.5) is 11.4 Å². The number of ether oxygens (including phenoxy) is 1. The van der Waals surface area contributed by atoms with Crippen LogP contribution in [0.3, 0.4) is 0 Å². The van der Waals surface area contributed by atoms with E-state index in [9.17, 15) is 14.4 Å². The largest absolute Gasteiger partial charge is 0.462 e. The summed E-state index contributed by atoms with van der Waals surface area (Å²) < 4.78 is 4.96. The second kappa shape index (κ2) is 8.69. The van der Waals surface area contributed by atoms with Crippen molar-refractivity contribution in [2.75, 3.05) is 23.4 Å². The van der Waals surface area contributed by atoms with Crippen LogP contribution in [0.2, 0.25) is 0 Å². The van der Waals surface area contributed by atoms with E-state index in [0.29, 0.717) is 36.4 Å². The van der Waals surface area contributed by atoms with Crippen LogP contribution >= 0.6 is 0 Å². The van der Waals surface area contributed by atoms with Crippen LogP contribution in [0.25, 0.3) is 0 Å². The topological polar surface area (TPSA) is 75.7 Å². The summed E-state index contributed by atoms with van der Waals surface area (Å²) >= 11 is 0. The first-order chi connectivity index (χ1) is 14.3. The van der Waals surface area contributed by atoms with Crippen LogP contribution in [-0.2, 0) is 14.9 Å². The molecule has 0 fully saturated rings. The van der Waals surface area contributed by atoms with Gasteiger partial charge in [0.1, 0.15) is 0 Å². The first-order valence-corrected chi connectivity index (χ1v) is 10.3. The SMILES string of the molecule is CCCN1C(=O)CC(C)(C)c2ccc(NC(=O)c3ccc(C(=O)OCC)cc3)cc21. The van der Waals surface area contributed by atoms with Gasteiger partial charge in [-0.2, -0.15) is 0 Å². The smallest absolute Gasteiger partial charge is 0.338 e. The minimum atomic E-state index is -0.414.